The molecule has 1 fully saturated rings. The molecule has 178 valence electrons. The highest BCUT2D eigenvalue weighted by molar-refractivity contribution is 6.30. The Bertz CT molecular complexity index is 1260. The number of hydrazone groups is 1. The Morgan fingerprint density at radius 2 is 1.57 bits per heavy atom. The molecule has 3 aromatic rings. The molecule has 1 saturated carbocycles. The Morgan fingerprint density at radius 3 is 2.20 bits per heavy atom. The average Bonchev–Trinajstić information content (AvgIpc) is 3.30. The van der Waals surface area contributed by atoms with Crippen LogP contribution in [0, 0.1) is 5.92 Å². The van der Waals surface area contributed by atoms with Gasteiger partial charge in [-0.15, -0.1) is 0 Å². The van der Waals surface area contributed by atoms with Crippen LogP contribution in [0.1, 0.15) is 46.8 Å². The van der Waals surface area contributed by atoms with E-state index in [1.807, 2.05) is 48.5 Å². The molecule has 1 amide bonds. The molecule has 1 heterocycles. The predicted octanol–water partition coefficient (Wildman–Crippen LogP) is 6.79. The largest absolute Gasteiger partial charge is 0.497 e. The van der Waals surface area contributed by atoms with Gasteiger partial charge in [0.1, 0.15) is 11.5 Å². The van der Waals surface area contributed by atoms with Gasteiger partial charge in [0.15, 0.2) is 0 Å². The maximum absolute atomic E-state index is 13.7. The molecule has 2 unspecified atom stereocenters. The highest BCUT2D eigenvalue weighted by Gasteiger charge is 2.43. The van der Waals surface area contributed by atoms with E-state index in [0.29, 0.717) is 10.6 Å². The summed E-state index contributed by atoms with van der Waals surface area (Å²) < 4.78 is 10.6. The molecule has 0 radical (unpaired) electrons. The fourth-order valence-electron chi connectivity index (χ4n) is 4.93. The number of carbonyl (C=O) groups excluding carboxylic acids is 1. The Morgan fingerprint density at radius 1 is 0.943 bits per heavy atom. The molecule has 1 aliphatic heterocycles. The number of halogens is 1. The summed E-state index contributed by atoms with van der Waals surface area (Å²) >= 11 is 6.06. The van der Waals surface area contributed by atoms with Gasteiger partial charge in [0.05, 0.1) is 26.0 Å². The Kier molecular flexibility index (Phi) is 6.60. The third-order valence-electron chi connectivity index (χ3n) is 6.71. The lowest BCUT2D eigenvalue weighted by molar-refractivity contribution is 0.0681. The second-order valence-electron chi connectivity index (χ2n) is 8.80. The summed E-state index contributed by atoms with van der Waals surface area (Å²) in [4.78, 5) is 13.7. The van der Waals surface area contributed by atoms with E-state index in [-0.39, 0.29) is 17.9 Å². The van der Waals surface area contributed by atoms with Gasteiger partial charge in [-0.3, -0.25) is 4.79 Å². The quantitative estimate of drug-likeness (QED) is 0.398. The first kappa shape index (κ1) is 23.2. The van der Waals surface area contributed by atoms with E-state index in [0.717, 1.165) is 47.6 Å². The molecule has 0 saturated heterocycles. The normalized spacial score (nSPS) is 20.4. The third kappa shape index (κ3) is 4.69. The molecule has 0 aromatic heterocycles. The smallest absolute Gasteiger partial charge is 0.274 e. The Balaban J connectivity index is 1.55. The van der Waals surface area contributed by atoms with E-state index < -0.39 is 0 Å². The van der Waals surface area contributed by atoms with Crippen LogP contribution in [0.2, 0.25) is 5.02 Å². The summed E-state index contributed by atoms with van der Waals surface area (Å²) in [7, 11) is 3.32. The van der Waals surface area contributed by atoms with Gasteiger partial charge in [0, 0.05) is 16.5 Å². The molecule has 0 bridgehead atoms. The topological polar surface area (TPSA) is 51.1 Å². The molecular weight excluding hydrogens is 460 g/mol. The molecule has 2 atom stereocenters. The van der Waals surface area contributed by atoms with Crippen molar-refractivity contribution < 1.29 is 14.3 Å². The molecular formula is C29H27ClN2O3. The molecule has 3 aromatic carbocycles. The van der Waals surface area contributed by atoms with Crippen molar-refractivity contribution in [2.24, 2.45) is 11.0 Å². The van der Waals surface area contributed by atoms with Gasteiger partial charge in [-0.05, 0) is 90.6 Å². The maximum Gasteiger partial charge on any atom is 0.274 e. The minimum atomic E-state index is -0.182. The van der Waals surface area contributed by atoms with Crippen molar-refractivity contribution in [1.82, 2.24) is 5.01 Å². The second kappa shape index (κ2) is 9.96. The number of carbonyl (C=O) groups is 1. The van der Waals surface area contributed by atoms with Crippen LogP contribution in [0.3, 0.4) is 0 Å². The average molecular weight is 487 g/mol. The lowest BCUT2D eigenvalue weighted by Gasteiger charge is -2.29. The summed E-state index contributed by atoms with van der Waals surface area (Å²) in [6, 6.07) is 22.8. The van der Waals surface area contributed by atoms with E-state index in [4.69, 9.17) is 26.2 Å². The number of hydrogen-bond acceptors (Lipinski definition) is 4. The van der Waals surface area contributed by atoms with Gasteiger partial charge >= 0.3 is 0 Å². The van der Waals surface area contributed by atoms with Gasteiger partial charge in [0.2, 0.25) is 0 Å². The van der Waals surface area contributed by atoms with E-state index in [2.05, 4.69) is 6.08 Å². The summed E-state index contributed by atoms with van der Waals surface area (Å²) in [5.74, 6) is 1.60. The second-order valence-corrected chi connectivity index (χ2v) is 9.24. The lowest BCUT2D eigenvalue weighted by atomic mass is 9.77. The minimum absolute atomic E-state index is 0.123. The first-order chi connectivity index (χ1) is 17.1. The van der Waals surface area contributed by atoms with Gasteiger partial charge in [-0.1, -0.05) is 35.9 Å². The van der Waals surface area contributed by atoms with Crippen LogP contribution >= 0.6 is 11.6 Å². The maximum atomic E-state index is 13.7. The highest BCUT2D eigenvalue weighted by Crippen LogP contribution is 2.45. The van der Waals surface area contributed by atoms with Crippen molar-refractivity contribution in [3.8, 4) is 11.5 Å². The van der Waals surface area contributed by atoms with E-state index in [1.165, 1.54) is 5.57 Å². The summed E-state index contributed by atoms with van der Waals surface area (Å²) in [5.41, 5.74) is 4.87. The molecule has 0 N–H and O–H groups in total. The van der Waals surface area contributed by atoms with Crippen LogP contribution in [-0.2, 0) is 0 Å². The first-order valence-electron chi connectivity index (χ1n) is 11.7. The van der Waals surface area contributed by atoms with Gasteiger partial charge < -0.3 is 9.47 Å². The number of allylic oxidation sites excluding steroid dienone is 1. The number of amides is 1. The third-order valence-corrected chi connectivity index (χ3v) is 6.97. The summed E-state index contributed by atoms with van der Waals surface area (Å²) in [6.45, 7) is 0. The standard InChI is InChI=1S/C29H27ClN2O3/c1-34-24-14-6-19(7-15-24)18-22-4-3-5-26-27(22)31-32(29(33)21-8-12-23(30)13-9-21)28(26)20-10-16-25(35-2)17-11-20/h6-18,26,28H,3-5H2,1-2H3/b22-18-. The first-order valence-corrected chi connectivity index (χ1v) is 12.1. The molecule has 5 nitrogen and oxygen atoms in total. The molecule has 35 heavy (non-hydrogen) atoms. The van der Waals surface area contributed by atoms with E-state index in [9.17, 15) is 4.79 Å². The van der Waals surface area contributed by atoms with Gasteiger partial charge in [0.25, 0.3) is 5.91 Å². The van der Waals surface area contributed by atoms with E-state index in [1.54, 1.807) is 43.5 Å². The van der Waals surface area contributed by atoms with Crippen molar-refractivity contribution in [1.29, 1.82) is 0 Å². The fourth-order valence-corrected chi connectivity index (χ4v) is 5.05. The van der Waals surface area contributed by atoms with Gasteiger partial charge in [-0.25, -0.2) is 5.01 Å². The Hall–Kier alpha value is -3.57. The Labute approximate surface area is 210 Å². The van der Waals surface area contributed by atoms with Gasteiger partial charge in [-0.2, -0.15) is 5.10 Å². The zero-order valence-corrected chi connectivity index (χ0v) is 20.5. The molecule has 6 heteroatoms. The van der Waals surface area contributed by atoms with Crippen LogP contribution in [0.15, 0.2) is 83.5 Å². The van der Waals surface area contributed by atoms with Crippen LogP contribution in [-0.4, -0.2) is 30.8 Å². The molecule has 2 aliphatic rings. The number of ether oxygens (including phenoxy) is 2. The van der Waals surface area contributed by atoms with Crippen molar-refractivity contribution in [2.45, 2.75) is 25.3 Å². The predicted molar refractivity (Wildman–Crippen MR) is 139 cm³/mol. The van der Waals surface area contributed by atoms with Crippen LogP contribution in [0.5, 0.6) is 11.5 Å². The zero-order valence-electron chi connectivity index (χ0n) is 19.8. The number of rotatable bonds is 5. The number of fused-ring (bicyclic) bond motifs is 1. The zero-order chi connectivity index (χ0) is 24.4. The van der Waals surface area contributed by atoms with Crippen LogP contribution in [0.25, 0.3) is 6.08 Å². The summed E-state index contributed by atoms with van der Waals surface area (Å²) in [6.07, 6.45) is 5.13. The van der Waals surface area contributed by atoms with Crippen molar-refractivity contribution >= 4 is 29.3 Å². The molecule has 0 spiro atoms. The summed E-state index contributed by atoms with van der Waals surface area (Å²) in [5, 5.41) is 7.23. The highest BCUT2D eigenvalue weighted by atomic mass is 35.5. The van der Waals surface area contributed by atoms with Crippen LogP contribution in [0.4, 0.5) is 0 Å². The fraction of sp³-hybridized carbons (Fsp3) is 0.241. The number of methoxy groups -OCH3 is 2. The molecule has 5 rings (SSSR count). The van der Waals surface area contributed by atoms with E-state index >= 15 is 0 Å². The number of benzene rings is 3. The van der Waals surface area contributed by atoms with Crippen molar-refractivity contribution in [3.63, 3.8) is 0 Å². The van der Waals surface area contributed by atoms with Crippen LogP contribution < -0.4 is 9.47 Å². The number of nitrogens with zero attached hydrogens (tertiary/aromatic N) is 2. The monoisotopic (exact) mass is 486 g/mol. The lowest BCUT2D eigenvalue weighted by Crippen LogP contribution is -2.31. The van der Waals surface area contributed by atoms with Crippen molar-refractivity contribution in [2.75, 3.05) is 14.2 Å². The SMILES string of the molecule is COc1ccc(/C=C2/CCCC3C2=NN(C(=O)c2ccc(Cl)cc2)C3c2ccc(OC)cc2)cc1. The minimum Gasteiger partial charge on any atom is -0.497 e. The molecule has 1 aliphatic carbocycles. The number of hydrogen-bond donors (Lipinski definition) is 0. The van der Waals surface area contributed by atoms with Crippen molar-refractivity contribution in [3.05, 3.63) is 100 Å².